The van der Waals surface area contributed by atoms with Crippen molar-refractivity contribution in [1.29, 1.82) is 0 Å². The Morgan fingerprint density at radius 3 is 2.67 bits per heavy atom. The molecule has 1 fully saturated rings. The Morgan fingerprint density at radius 1 is 1.26 bits per heavy atom. The zero-order valence-electron chi connectivity index (χ0n) is 15.7. The monoisotopic (exact) mass is 388 g/mol. The Morgan fingerprint density at radius 2 is 2.00 bits per heavy atom. The number of ether oxygens (including phenoxy) is 1. The predicted octanol–water partition coefficient (Wildman–Crippen LogP) is 3.21. The molecule has 27 heavy (non-hydrogen) atoms. The summed E-state index contributed by atoms with van der Waals surface area (Å²) in [6.07, 6.45) is 2.26. The van der Waals surface area contributed by atoms with E-state index in [4.69, 9.17) is 4.74 Å². The number of anilines is 1. The van der Waals surface area contributed by atoms with Crippen molar-refractivity contribution in [3.05, 3.63) is 34.8 Å². The number of hydrogen-bond acceptors (Lipinski definition) is 6. The van der Waals surface area contributed by atoms with Crippen LogP contribution in [0.5, 0.6) is 5.75 Å². The molecule has 3 rings (SSSR count). The van der Waals surface area contributed by atoms with Crippen LogP contribution < -0.4 is 15.4 Å². The van der Waals surface area contributed by atoms with Crippen LogP contribution >= 0.6 is 11.3 Å². The molecule has 2 amide bonds. The number of nitrogens with zero attached hydrogens (tertiary/aromatic N) is 2. The summed E-state index contributed by atoms with van der Waals surface area (Å²) in [7, 11) is 0. The number of carbonyl (C=O) groups is 2. The molecule has 1 aliphatic carbocycles. The third-order valence-corrected chi connectivity index (χ3v) is 5.27. The third-order valence-electron chi connectivity index (χ3n) is 4.26. The van der Waals surface area contributed by atoms with E-state index in [9.17, 15) is 9.59 Å². The molecule has 1 saturated carbocycles. The van der Waals surface area contributed by atoms with E-state index in [1.165, 1.54) is 11.3 Å². The van der Waals surface area contributed by atoms with E-state index in [0.717, 1.165) is 17.8 Å². The van der Waals surface area contributed by atoms with E-state index in [1.54, 1.807) is 24.3 Å². The minimum atomic E-state index is -0.694. The van der Waals surface area contributed by atoms with Gasteiger partial charge in [-0.2, -0.15) is 0 Å². The van der Waals surface area contributed by atoms with Crippen molar-refractivity contribution in [3.63, 3.8) is 0 Å². The molecule has 0 spiro atoms. The number of amides is 2. The highest BCUT2D eigenvalue weighted by atomic mass is 32.1. The van der Waals surface area contributed by atoms with Crippen molar-refractivity contribution in [3.8, 4) is 5.75 Å². The summed E-state index contributed by atoms with van der Waals surface area (Å²) in [4.78, 5) is 25.4. The molecule has 0 saturated heterocycles. The summed E-state index contributed by atoms with van der Waals surface area (Å²) < 4.78 is 5.51. The second kappa shape index (κ2) is 8.47. The molecule has 1 heterocycles. The molecule has 0 unspecified atom stereocenters. The van der Waals surface area contributed by atoms with Gasteiger partial charge in [-0.1, -0.05) is 37.3 Å². The largest absolute Gasteiger partial charge is 0.493 e. The maximum Gasteiger partial charge on any atom is 0.255 e. The van der Waals surface area contributed by atoms with Crippen molar-refractivity contribution in [2.75, 3.05) is 11.9 Å². The molecule has 0 bridgehead atoms. The second-order valence-corrected chi connectivity index (χ2v) is 7.84. The van der Waals surface area contributed by atoms with Crippen LogP contribution in [0.25, 0.3) is 0 Å². The SMILES string of the molecule is CCOc1ccccc1C(=O)N[C@H](C(=O)Nc1nnc(C2CC2)s1)C(C)C. The number of aromatic nitrogens is 2. The van der Waals surface area contributed by atoms with Crippen LogP contribution in [-0.4, -0.2) is 34.7 Å². The summed E-state index contributed by atoms with van der Waals surface area (Å²) in [5.74, 6) is 0.251. The van der Waals surface area contributed by atoms with Gasteiger partial charge in [0, 0.05) is 5.92 Å². The number of hydrogen-bond donors (Lipinski definition) is 2. The quantitative estimate of drug-likeness (QED) is 0.724. The Kier molecular flexibility index (Phi) is 6.05. The van der Waals surface area contributed by atoms with Crippen LogP contribution in [0.1, 0.15) is 54.9 Å². The highest BCUT2D eigenvalue weighted by molar-refractivity contribution is 7.15. The van der Waals surface area contributed by atoms with Gasteiger partial charge >= 0.3 is 0 Å². The van der Waals surface area contributed by atoms with Gasteiger partial charge in [-0.25, -0.2) is 0 Å². The first-order valence-corrected chi connectivity index (χ1v) is 9.98. The fraction of sp³-hybridized carbons (Fsp3) is 0.474. The smallest absolute Gasteiger partial charge is 0.255 e. The fourth-order valence-corrected chi connectivity index (χ4v) is 3.57. The lowest BCUT2D eigenvalue weighted by atomic mass is 10.0. The molecular formula is C19H24N4O3S. The normalized spacial score (nSPS) is 14.7. The Hall–Kier alpha value is -2.48. The van der Waals surface area contributed by atoms with Gasteiger partial charge in [-0.3, -0.25) is 14.9 Å². The van der Waals surface area contributed by atoms with Gasteiger partial charge in [0.15, 0.2) is 0 Å². The van der Waals surface area contributed by atoms with E-state index < -0.39 is 6.04 Å². The third kappa shape index (κ3) is 4.82. The average Bonchev–Trinajstić information content (AvgIpc) is 3.39. The Bertz CT molecular complexity index is 817. The molecule has 144 valence electrons. The van der Waals surface area contributed by atoms with Gasteiger partial charge in [-0.05, 0) is 37.8 Å². The molecule has 1 atom stereocenters. The topological polar surface area (TPSA) is 93.2 Å². The van der Waals surface area contributed by atoms with Crippen molar-refractivity contribution in [1.82, 2.24) is 15.5 Å². The number of benzene rings is 1. The average molecular weight is 388 g/mol. The van der Waals surface area contributed by atoms with Gasteiger partial charge in [0.05, 0.1) is 12.2 Å². The van der Waals surface area contributed by atoms with E-state index >= 15 is 0 Å². The summed E-state index contributed by atoms with van der Waals surface area (Å²) in [5.41, 5.74) is 0.407. The molecule has 2 aromatic rings. The fourth-order valence-electron chi connectivity index (χ4n) is 2.65. The Labute approximate surface area is 162 Å². The van der Waals surface area contributed by atoms with E-state index in [-0.39, 0.29) is 17.7 Å². The van der Waals surface area contributed by atoms with Gasteiger partial charge in [0.1, 0.15) is 16.8 Å². The zero-order chi connectivity index (χ0) is 19.4. The minimum Gasteiger partial charge on any atom is -0.493 e. The molecule has 0 radical (unpaired) electrons. The van der Waals surface area contributed by atoms with Crippen molar-refractivity contribution in [2.45, 2.75) is 45.6 Å². The lowest BCUT2D eigenvalue weighted by molar-refractivity contribution is -0.118. The van der Waals surface area contributed by atoms with E-state index in [0.29, 0.717) is 29.0 Å². The first kappa shape index (κ1) is 19.3. The number of rotatable bonds is 8. The van der Waals surface area contributed by atoms with Crippen LogP contribution in [0.2, 0.25) is 0 Å². The maximum atomic E-state index is 12.7. The molecule has 2 N–H and O–H groups in total. The summed E-state index contributed by atoms with van der Waals surface area (Å²) >= 11 is 1.40. The van der Waals surface area contributed by atoms with Crippen molar-refractivity contribution in [2.24, 2.45) is 5.92 Å². The molecule has 1 aromatic heterocycles. The van der Waals surface area contributed by atoms with Crippen molar-refractivity contribution < 1.29 is 14.3 Å². The van der Waals surface area contributed by atoms with Gasteiger partial charge < -0.3 is 10.1 Å². The molecule has 1 aromatic carbocycles. The van der Waals surface area contributed by atoms with Gasteiger partial charge in [-0.15, -0.1) is 10.2 Å². The lowest BCUT2D eigenvalue weighted by Crippen LogP contribution is -2.47. The van der Waals surface area contributed by atoms with Crippen molar-refractivity contribution >= 4 is 28.3 Å². The highest BCUT2D eigenvalue weighted by Gasteiger charge is 2.29. The van der Waals surface area contributed by atoms with E-state index in [2.05, 4.69) is 20.8 Å². The van der Waals surface area contributed by atoms with Gasteiger partial charge in [0.2, 0.25) is 11.0 Å². The first-order chi connectivity index (χ1) is 13.0. The standard InChI is InChI=1S/C19H24N4O3S/c1-4-26-14-8-6-5-7-13(14)16(24)20-15(11(2)3)17(25)21-19-23-22-18(27-19)12-9-10-12/h5-8,11-12,15H,4,9-10H2,1-3H3,(H,20,24)(H,21,23,25)/t15-/m0/s1. The highest BCUT2D eigenvalue weighted by Crippen LogP contribution is 2.42. The Balaban J connectivity index is 1.69. The molecular weight excluding hydrogens is 364 g/mol. The number of para-hydroxylation sites is 1. The van der Waals surface area contributed by atoms with Crippen LogP contribution in [-0.2, 0) is 4.79 Å². The summed E-state index contributed by atoms with van der Waals surface area (Å²) in [5, 5.41) is 15.2. The summed E-state index contributed by atoms with van der Waals surface area (Å²) in [6.45, 7) is 6.08. The number of nitrogens with one attached hydrogen (secondary N) is 2. The van der Waals surface area contributed by atoms with Gasteiger partial charge in [0.25, 0.3) is 5.91 Å². The molecule has 0 aliphatic heterocycles. The van der Waals surface area contributed by atoms with E-state index in [1.807, 2.05) is 20.8 Å². The summed E-state index contributed by atoms with van der Waals surface area (Å²) in [6, 6.07) is 6.30. The first-order valence-electron chi connectivity index (χ1n) is 9.16. The molecule has 8 heteroatoms. The van der Waals surface area contributed by atoms with Crippen LogP contribution in [0.3, 0.4) is 0 Å². The maximum absolute atomic E-state index is 12.7. The minimum absolute atomic E-state index is 0.0935. The molecule has 7 nitrogen and oxygen atoms in total. The van der Waals surface area contributed by atoms with Crippen LogP contribution in [0.4, 0.5) is 5.13 Å². The van der Waals surface area contributed by atoms with Crippen LogP contribution in [0.15, 0.2) is 24.3 Å². The second-order valence-electron chi connectivity index (χ2n) is 6.83. The predicted molar refractivity (Wildman–Crippen MR) is 104 cm³/mol. The lowest BCUT2D eigenvalue weighted by Gasteiger charge is -2.21. The number of carbonyl (C=O) groups excluding carboxylic acids is 2. The zero-order valence-corrected chi connectivity index (χ0v) is 16.5. The van der Waals surface area contributed by atoms with Crippen LogP contribution in [0, 0.1) is 5.92 Å². The molecule has 1 aliphatic rings.